The average molecular weight is 220 g/mol. The summed E-state index contributed by atoms with van der Waals surface area (Å²) in [6.07, 6.45) is 8.17. The van der Waals surface area contributed by atoms with Crippen LogP contribution in [-0.4, -0.2) is 22.2 Å². The SMILES string of the molecule is C#CCCCNC(=O)c1nn(CC)cc1N. The van der Waals surface area contributed by atoms with Gasteiger partial charge < -0.3 is 11.1 Å². The molecular weight excluding hydrogens is 204 g/mol. The minimum absolute atomic E-state index is 0.248. The van der Waals surface area contributed by atoms with E-state index >= 15 is 0 Å². The van der Waals surface area contributed by atoms with E-state index in [0.717, 1.165) is 6.42 Å². The second-order valence-corrected chi connectivity index (χ2v) is 3.35. The van der Waals surface area contributed by atoms with Crippen molar-refractivity contribution in [3.63, 3.8) is 0 Å². The number of rotatable bonds is 5. The van der Waals surface area contributed by atoms with E-state index in [-0.39, 0.29) is 11.6 Å². The lowest BCUT2D eigenvalue weighted by molar-refractivity contribution is 0.0948. The molecule has 1 rings (SSSR count). The fourth-order valence-corrected chi connectivity index (χ4v) is 1.25. The molecule has 0 unspecified atom stereocenters. The highest BCUT2D eigenvalue weighted by atomic mass is 16.1. The summed E-state index contributed by atoms with van der Waals surface area (Å²) >= 11 is 0. The molecule has 0 bridgehead atoms. The summed E-state index contributed by atoms with van der Waals surface area (Å²) in [6.45, 7) is 3.16. The van der Waals surface area contributed by atoms with Crippen LogP contribution in [0.5, 0.6) is 0 Å². The molecule has 0 aliphatic rings. The Bertz CT molecular complexity index is 403. The summed E-state index contributed by atoms with van der Waals surface area (Å²) in [5, 5.41) is 6.79. The van der Waals surface area contributed by atoms with Gasteiger partial charge in [0.2, 0.25) is 0 Å². The van der Waals surface area contributed by atoms with Crippen LogP contribution in [0.1, 0.15) is 30.3 Å². The number of carbonyl (C=O) groups excluding carboxylic acids is 1. The standard InChI is InChI=1S/C11H16N4O/c1-3-5-6-7-13-11(16)10-9(12)8-15(4-2)14-10/h1,8H,4-7,12H2,2H3,(H,13,16). The lowest BCUT2D eigenvalue weighted by Gasteiger charge is -2.01. The Morgan fingerprint density at radius 1 is 1.75 bits per heavy atom. The number of aromatic nitrogens is 2. The van der Waals surface area contributed by atoms with E-state index in [9.17, 15) is 4.79 Å². The third-order valence-electron chi connectivity index (χ3n) is 2.11. The maximum absolute atomic E-state index is 11.6. The number of unbranched alkanes of at least 4 members (excludes halogenated alkanes) is 1. The van der Waals surface area contributed by atoms with Gasteiger partial charge in [-0.1, -0.05) is 0 Å². The molecule has 3 N–H and O–H groups in total. The van der Waals surface area contributed by atoms with E-state index in [1.165, 1.54) is 0 Å². The van der Waals surface area contributed by atoms with Crippen LogP contribution >= 0.6 is 0 Å². The van der Waals surface area contributed by atoms with Crippen molar-refractivity contribution in [1.82, 2.24) is 15.1 Å². The molecule has 0 fully saturated rings. The lowest BCUT2D eigenvalue weighted by atomic mass is 10.3. The van der Waals surface area contributed by atoms with Crippen molar-refractivity contribution in [2.75, 3.05) is 12.3 Å². The molecule has 1 aromatic heterocycles. The van der Waals surface area contributed by atoms with Crippen molar-refractivity contribution in [3.8, 4) is 12.3 Å². The first kappa shape index (κ1) is 12.1. The molecule has 0 atom stereocenters. The van der Waals surface area contributed by atoms with E-state index in [0.29, 0.717) is 25.2 Å². The molecule has 0 aliphatic heterocycles. The molecule has 0 spiro atoms. The van der Waals surface area contributed by atoms with Crippen molar-refractivity contribution in [2.24, 2.45) is 0 Å². The Kier molecular flexibility index (Phi) is 4.40. The molecule has 0 saturated carbocycles. The van der Waals surface area contributed by atoms with Gasteiger partial charge in [-0.15, -0.1) is 12.3 Å². The van der Waals surface area contributed by atoms with Crippen LogP contribution in [0.25, 0.3) is 0 Å². The molecule has 0 saturated heterocycles. The third-order valence-corrected chi connectivity index (χ3v) is 2.11. The number of nitrogens with zero attached hydrogens (tertiary/aromatic N) is 2. The fraction of sp³-hybridized carbons (Fsp3) is 0.455. The van der Waals surface area contributed by atoms with E-state index < -0.39 is 0 Å². The zero-order chi connectivity index (χ0) is 12.0. The number of aryl methyl sites for hydroxylation is 1. The van der Waals surface area contributed by atoms with Crippen LogP contribution in [0, 0.1) is 12.3 Å². The van der Waals surface area contributed by atoms with Gasteiger partial charge in [0, 0.05) is 25.7 Å². The van der Waals surface area contributed by atoms with Crippen molar-refractivity contribution < 1.29 is 4.79 Å². The Balaban J connectivity index is 2.52. The molecule has 1 heterocycles. The summed E-state index contributed by atoms with van der Waals surface area (Å²) in [5.74, 6) is 2.26. The summed E-state index contributed by atoms with van der Waals surface area (Å²) in [6, 6.07) is 0. The van der Waals surface area contributed by atoms with Gasteiger partial charge in [0.25, 0.3) is 5.91 Å². The maximum Gasteiger partial charge on any atom is 0.273 e. The largest absolute Gasteiger partial charge is 0.396 e. The zero-order valence-electron chi connectivity index (χ0n) is 9.36. The molecule has 0 aliphatic carbocycles. The minimum Gasteiger partial charge on any atom is -0.396 e. The molecule has 0 aromatic carbocycles. The third kappa shape index (κ3) is 3.02. The number of anilines is 1. The zero-order valence-corrected chi connectivity index (χ0v) is 9.36. The number of nitrogens with two attached hydrogens (primary N) is 1. The Morgan fingerprint density at radius 2 is 2.50 bits per heavy atom. The number of nitrogens with one attached hydrogen (secondary N) is 1. The van der Waals surface area contributed by atoms with Crippen molar-refractivity contribution in [1.29, 1.82) is 0 Å². The van der Waals surface area contributed by atoms with E-state index in [1.54, 1.807) is 10.9 Å². The van der Waals surface area contributed by atoms with Gasteiger partial charge in [0.1, 0.15) is 0 Å². The van der Waals surface area contributed by atoms with Gasteiger partial charge in [-0.25, -0.2) is 0 Å². The Morgan fingerprint density at radius 3 is 3.06 bits per heavy atom. The molecule has 5 nitrogen and oxygen atoms in total. The molecule has 16 heavy (non-hydrogen) atoms. The van der Waals surface area contributed by atoms with E-state index in [4.69, 9.17) is 12.2 Å². The van der Waals surface area contributed by atoms with Crippen molar-refractivity contribution >= 4 is 11.6 Å². The molecule has 86 valence electrons. The minimum atomic E-state index is -0.248. The van der Waals surface area contributed by atoms with Crippen LogP contribution < -0.4 is 11.1 Å². The van der Waals surface area contributed by atoms with Gasteiger partial charge in [0.15, 0.2) is 5.69 Å². The normalized spacial score (nSPS) is 9.75. The first-order valence-electron chi connectivity index (χ1n) is 5.23. The molecule has 5 heteroatoms. The van der Waals surface area contributed by atoms with Crippen molar-refractivity contribution in [3.05, 3.63) is 11.9 Å². The van der Waals surface area contributed by atoms with Gasteiger partial charge >= 0.3 is 0 Å². The quantitative estimate of drug-likeness (QED) is 0.564. The number of hydrogen-bond acceptors (Lipinski definition) is 3. The molecule has 0 radical (unpaired) electrons. The lowest BCUT2D eigenvalue weighted by Crippen LogP contribution is -2.25. The summed E-state index contributed by atoms with van der Waals surface area (Å²) in [5.41, 5.74) is 6.35. The number of amides is 1. The highest BCUT2D eigenvalue weighted by molar-refractivity contribution is 5.96. The van der Waals surface area contributed by atoms with Gasteiger partial charge in [-0.2, -0.15) is 5.10 Å². The number of nitrogen functional groups attached to an aromatic ring is 1. The maximum atomic E-state index is 11.6. The monoisotopic (exact) mass is 220 g/mol. The first-order chi connectivity index (χ1) is 7.69. The molecular formula is C11H16N4O. The van der Waals surface area contributed by atoms with Crippen LogP contribution in [0.4, 0.5) is 5.69 Å². The Hall–Kier alpha value is -1.96. The average Bonchev–Trinajstić information content (AvgIpc) is 2.66. The second kappa shape index (κ2) is 5.81. The predicted octanol–water partition coefficient (Wildman–Crippen LogP) is 0.628. The van der Waals surface area contributed by atoms with Crippen LogP contribution in [0.15, 0.2) is 6.20 Å². The van der Waals surface area contributed by atoms with Crippen LogP contribution in [0.3, 0.4) is 0 Å². The highest BCUT2D eigenvalue weighted by Gasteiger charge is 2.13. The Labute approximate surface area is 95.0 Å². The van der Waals surface area contributed by atoms with Gasteiger partial charge in [0.05, 0.1) is 5.69 Å². The van der Waals surface area contributed by atoms with Crippen LogP contribution in [-0.2, 0) is 6.54 Å². The molecule has 1 aromatic rings. The smallest absolute Gasteiger partial charge is 0.273 e. The highest BCUT2D eigenvalue weighted by Crippen LogP contribution is 2.08. The summed E-state index contributed by atoms with van der Waals surface area (Å²) < 4.78 is 1.63. The topological polar surface area (TPSA) is 72.9 Å². The first-order valence-corrected chi connectivity index (χ1v) is 5.23. The van der Waals surface area contributed by atoms with Crippen molar-refractivity contribution in [2.45, 2.75) is 26.3 Å². The summed E-state index contributed by atoms with van der Waals surface area (Å²) in [7, 11) is 0. The molecule has 1 amide bonds. The van der Waals surface area contributed by atoms with E-state index in [1.807, 2.05) is 6.92 Å². The summed E-state index contributed by atoms with van der Waals surface area (Å²) in [4.78, 5) is 11.6. The van der Waals surface area contributed by atoms with E-state index in [2.05, 4.69) is 16.3 Å². The second-order valence-electron chi connectivity index (χ2n) is 3.35. The predicted molar refractivity (Wildman–Crippen MR) is 62.7 cm³/mol. The van der Waals surface area contributed by atoms with Gasteiger partial charge in [-0.3, -0.25) is 9.48 Å². The fourth-order valence-electron chi connectivity index (χ4n) is 1.25. The van der Waals surface area contributed by atoms with Gasteiger partial charge in [-0.05, 0) is 13.3 Å². The number of terminal acetylenes is 1. The number of carbonyl (C=O) groups is 1. The van der Waals surface area contributed by atoms with Crippen LogP contribution in [0.2, 0.25) is 0 Å². The number of hydrogen-bond donors (Lipinski definition) is 2.